The SMILES string of the molecule is N#Cc1cccc(COc2cccc(CN3CCC(C(=O)O)CC3)c2)c1. The first-order valence-electron chi connectivity index (χ1n) is 8.80. The van der Waals surface area contributed by atoms with Gasteiger partial charge in [-0.05, 0) is 61.3 Å². The highest BCUT2D eigenvalue weighted by Crippen LogP contribution is 2.21. The van der Waals surface area contributed by atoms with Crippen LogP contribution in [0, 0.1) is 17.2 Å². The Morgan fingerprint density at radius 2 is 1.88 bits per heavy atom. The number of nitrogens with zero attached hydrogens (tertiary/aromatic N) is 2. The first-order chi connectivity index (χ1) is 12.6. The van der Waals surface area contributed by atoms with E-state index in [1.54, 1.807) is 6.07 Å². The minimum Gasteiger partial charge on any atom is -0.489 e. The highest BCUT2D eigenvalue weighted by atomic mass is 16.5. The highest BCUT2D eigenvalue weighted by Gasteiger charge is 2.24. The number of ether oxygens (including phenoxy) is 1. The lowest BCUT2D eigenvalue weighted by Gasteiger charge is -2.30. The van der Waals surface area contributed by atoms with E-state index in [9.17, 15) is 4.79 Å². The van der Waals surface area contributed by atoms with Crippen LogP contribution in [0.4, 0.5) is 0 Å². The number of hydrogen-bond donors (Lipinski definition) is 1. The highest BCUT2D eigenvalue weighted by molar-refractivity contribution is 5.70. The number of carboxylic acid groups (broad SMARTS) is 1. The van der Waals surface area contributed by atoms with Crippen molar-refractivity contribution in [3.05, 3.63) is 65.2 Å². The van der Waals surface area contributed by atoms with Gasteiger partial charge in [-0.15, -0.1) is 0 Å². The van der Waals surface area contributed by atoms with E-state index in [4.69, 9.17) is 15.1 Å². The molecule has 0 bridgehead atoms. The Balaban J connectivity index is 1.55. The fourth-order valence-electron chi connectivity index (χ4n) is 3.23. The number of aliphatic carboxylic acids is 1. The second-order valence-corrected chi connectivity index (χ2v) is 6.64. The molecule has 0 unspecified atom stereocenters. The predicted octanol–water partition coefficient (Wildman–Crippen LogP) is 3.43. The summed E-state index contributed by atoms with van der Waals surface area (Å²) >= 11 is 0. The average Bonchev–Trinajstić information content (AvgIpc) is 2.67. The van der Waals surface area contributed by atoms with Crippen molar-refractivity contribution in [1.82, 2.24) is 4.90 Å². The van der Waals surface area contributed by atoms with Gasteiger partial charge in [0.15, 0.2) is 0 Å². The number of carbonyl (C=O) groups is 1. The maximum atomic E-state index is 11.0. The minimum atomic E-state index is -0.680. The van der Waals surface area contributed by atoms with Crippen LogP contribution in [0.5, 0.6) is 5.75 Å². The smallest absolute Gasteiger partial charge is 0.306 e. The van der Waals surface area contributed by atoms with Crippen LogP contribution in [-0.4, -0.2) is 29.1 Å². The maximum Gasteiger partial charge on any atom is 0.306 e. The predicted molar refractivity (Wildman–Crippen MR) is 97.6 cm³/mol. The summed E-state index contributed by atoms with van der Waals surface area (Å²) in [4.78, 5) is 13.3. The summed E-state index contributed by atoms with van der Waals surface area (Å²) in [6.45, 7) is 2.84. The summed E-state index contributed by atoms with van der Waals surface area (Å²) in [5, 5.41) is 18.0. The zero-order valence-corrected chi connectivity index (χ0v) is 14.6. The van der Waals surface area contributed by atoms with Crippen molar-refractivity contribution in [2.75, 3.05) is 13.1 Å². The first kappa shape index (κ1) is 18.0. The summed E-state index contributed by atoms with van der Waals surface area (Å²) in [5.41, 5.74) is 2.75. The molecule has 1 N–H and O–H groups in total. The van der Waals surface area contributed by atoms with E-state index in [2.05, 4.69) is 17.0 Å². The van der Waals surface area contributed by atoms with E-state index >= 15 is 0 Å². The third-order valence-electron chi connectivity index (χ3n) is 4.70. The van der Waals surface area contributed by atoms with Gasteiger partial charge in [0.2, 0.25) is 0 Å². The van der Waals surface area contributed by atoms with Crippen LogP contribution in [0.1, 0.15) is 29.5 Å². The van der Waals surface area contributed by atoms with Crippen molar-refractivity contribution >= 4 is 5.97 Å². The van der Waals surface area contributed by atoms with Crippen LogP contribution in [0.3, 0.4) is 0 Å². The molecule has 5 heteroatoms. The summed E-state index contributed by atoms with van der Waals surface area (Å²) in [6.07, 6.45) is 1.42. The van der Waals surface area contributed by atoms with Crippen LogP contribution in [0.15, 0.2) is 48.5 Å². The van der Waals surface area contributed by atoms with Crippen molar-refractivity contribution in [1.29, 1.82) is 5.26 Å². The lowest BCUT2D eigenvalue weighted by Crippen LogP contribution is -2.35. The molecule has 1 heterocycles. The van der Waals surface area contributed by atoms with Crippen LogP contribution >= 0.6 is 0 Å². The van der Waals surface area contributed by atoms with Gasteiger partial charge in [-0.2, -0.15) is 5.26 Å². The van der Waals surface area contributed by atoms with Crippen molar-refractivity contribution < 1.29 is 14.6 Å². The second kappa shape index (κ2) is 8.50. The third-order valence-corrected chi connectivity index (χ3v) is 4.70. The number of benzene rings is 2. The summed E-state index contributed by atoms with van der Waals surface area (Å²) in [5.74, 6) is -0.0871. The Kier molecular flexibility index (Phi) is 5.88. The zero-order chi connectivity index (χ0) is 18.4. The molecule has 134 valence electrons. The molecule has 2 aromatic rings. The Morgan fingerprint density at radius 3 is 2.62 bits per heavy atom. The van der Waals surface area contributed by atoms with Crippen molar-refractivity contribution in [2.24, 2.45) is 5.92 Å². The Hall–Kier alpha value is -2.84. The second-order valence-electron chi connectivity index (χ2n) is 6.64. The topological polar surface area (TPSA) is 73.6 Å². The van der Waals surface area contributed by atoms with E-state index in [0.29, 0.717) is 25.0 Å². The first-order valence-corrected chi connectivity index (χ1v) is 8.80. The summed E-state index contributed by atoms with van der Waals surface area (Å²) < 4.78 is 5.86. The van der Waals surface area contributed by atoms with E-state index in [0.717, 1.165) is 36.5 Å². The fraction of sp³-hybridized carbons (Fsp3) is 0.333. The van der Waals surface area contributed by atoms with Crippen molar-refractivity contribution in [2.45, 2.75) is 26.0 Å². The zero-order valence-electron chi connectivity index (χ0n) is 14.6. The van der Waals surface area contributed by atoms with Crippen LogP contribution in [0.25, 0.3) is 0 Å². The van der Waals surface area contributed by atoms with E-state index < -0.39 is 5.97 Å². The molecule has 3 rings (SSSR count). The van der Waals surface area contributed by atoms with Crippen LogP contribution in [0.2, 0.25) is 0 Å². The molecule has 2 aromatic carbocycles. The standard InChI is InChI=1S/C21H22N2O3/c22-13-16-3-1-5-18(11-16)15-26-20-6-2-4-17(12-20)14-23-9-7-19(8-10-23)21(24)25/h1-6,11-12,19H,7-10,14-15H2,(H,24,25). The van der Waals surface area contributed by atoms with Crippen LogP contribution in [-0.2, 0) is 17.9 Å². The summed E-state index contributed by atoms with van der Waals surface area (Å²) in [6, 6.07) is 17.5. The quantitative estimate of drug-likeness (QED) is 0.864. The Morgan fingerprint density at radius 1 is 1.15 bits per heavy atom. The van der Waals surface area contributed by atoms with Gasteiger partial charge in [0, 0.05) is 6.54 Å². The molecule has 0 saturated carbocycles. The van der Waals surface area contributed by atoms with Gasteiger partial charge >= 0.3 is 5.97 Å². The van der Waals surface area contributed by atoms with E-state index in [1.807, 2.05) is 36.4 Å². The van der Waals surface area contributed by atoms with Crippen molar-refractivity contribution in [3.8, 4) is 11.8 Å². The Bertz CT molecular complexity index is 805. The van der Waals surface area contributed by atoms with Gasteiger partial charge in [0.25, 0.3) is 0 Å². The third kappa shape index (κ3) is 4.84. The van der Waals surface area contributed by atoms with Gasteiger partial charge in [-0.1, -0.05) is 24.3 Å². The number of likely N-dealkylation sites (tertiary alicyclic amines) is 1. The molecule has 0 aromatic heterocycles. The molecule has 0 amide bonds. The molecule has 0 radical (unpaired) electrons. The molecule has 0 atom stereocenters. The van der Waals surface area contributed by atoms with Gasteiger partial charge in [0.05, 0.1) is 17.6 Å². The lowest BCUT2D eigenvalue weighted by atomic mass is 9.97. The maximum absolute atomic E-state index is 11.0. The fourth-order valence-corrected chi connectivity index (χ4v) is 3.23. The summed E-state index contributed by atoms with van der Waals surface area (Å²) in [7, 11) is 0. The van der Waals surface area contributed by atoms with Crippen LogP contribution < -0.4 is 4.74 Å². The average molecular weight is 350 g/mol. The van der Waals surface area contributed by atoms with Gasteiger partial charge in [-0.3, -0.25) is 9.69 Å². The molecule has 1 aliphatic rings. The van der Waals surface area contributed by atoms with Crippen molar-refractivity contribution in [3.63, 3.8) is 0 Å². The Labute approximate surface area is 153 Å². The molecule has 0 spiro atoms. The number of piperidine rings is 1. The number of rotatable bonds is 6. The van der Waals surface area contributed by atoms with Gasteiger partial charge in [-0.25, -0.2) is 0 Å². The van der Waals surface area contributed by atoms with Gasteiger partial charge < -0.3 is 9.84 Å². The number of nitriles is 1. The molecule has 1 aliphatic heterocycles. The van der Waals surface area contributed by atoms with E-state index in [1.165, 1.54) is 0 Å². The van der Waals surface area contributed by atoms with E-state index in [-0.39, 0.29) is 5.92 Å². The lowest BCUT2D eigenvalue weighted by molar-refractivity contribution is -0.143. The molecule has 0 aliphatic carbocycles. The molecule has 1 fully saturated rings. The minimum absolute atomic E-state index is 0.204. The molecular formula is C21H22N2O3. The number of carboxylic acids is 1. The molecule has 1 saturated heterocycles. The molecule has 26 heavy (non-hydrogen) atoms. The molecular weight excluding hydrogens is 328 g/mol. The largest absolute Gasteiger partial charge is 0.489 e. The number of hydrogen-bond acceptors (Lipinski definition) is 4. The molecule has 5 nitrogen and oxygen atoms in total. The monoisotopic (exact) mass is 350 g/mol. The normalized spacial score (nSPS) is 15.3. The van der Waals surface area contributed by atoms with Gasteiger partial charge in [0.1, 0.15) is 12.4 Å².